The topological polar surface area (TPSA) is 21.7 Å². The van der Waals surface area contributed by atoms with Crippen LogP contribution in [0.15, 0.2) is 61.2 Å². The van der Waals surface area contributed by atoms with Crippen LogP contribution in [0.1, 0.15) is 22.3 Å². The summed E-state index contributed by atoms with van der Waals surface area (Å²) in [5.74, 6) is 0. The number of hydrogen-bond donors (Lipinski definition) is 0. The zero-order chi connectivity index (χ0) is 14.7. The minimum Gasteiger partial charge on any atom is -1.00 e. The smallest absolute Gasteiger partial charge is 0.265 e. The van der Waals surface area contributed by atoms with Gasteiger partial charge in [-0.25, -0.2) is 4.57 Å². The predicted octanol–water partition coefficient (Wildman–Crippen LogP) is -0.112. The zero-order valence-electron chi connectivity index (χ0n) is 12.9. The van der Waals surface area contributed by atoms with Crippen molar-refractivity contribution in [3.8, 4) is 0 Å². The summed E-state index contributed by atoms with van der Waals surface area (Å²) >= 11 is 0. The Morgan fingerprint density at radius 2 is 1.50 bits per heavy atom. The van der Waals surface area contributed by atoms with Crippen molar-refractivity contribution in [1.29, 1.82) is 0 Å². The van der Waals surface area contributed by atoms with E-state index in [1.54, 1.807) is 0 Å². The van der Waals surface area contributed by atoms with Gasteiger partial charge in [0.2, 0.25) is 6.33 Å². The molecule has 114 valence electrons. The number of aryl methyl sites for hydroxylation is 2. The summed E-state index contributed by atoms with van der Waals surface area (Å²) in [5, 5.41) is 4.46. The van der Waals surface area contributed by atoms with Crippen molar-refractivity contribution in [1.82, 2.24) is 9.78 Å². The maximum absolute atomic E-state index is 4.46. The highest BCUT2D eigenvalue weighted by Gasteiger charge is 2.09. The van der Waals surface area contributed by atoms with E-state index in [4.69, 9.17) is 0 Å². The normalized spacial score (nSPS) is 10.3. The predicted molar refractivity (Wildman–Crippen MR) is 83.0 cm³/mol. The third kappa shape index (κ3) is 3.74. The quantitative estimate of drug-likeness (QED) is 0.616. The third-order valence-corrected chi connectivity index (χ3v) is 3.84. The van der Waals surface area contributed by atoms with Crippen LogP contribution < -0.4 is 17.0 Å². The van der Waals surface area contributed by atoms with Crippen LogP contribution in [-0.4, -0.2) is 9.78 Å². The standard InChI is InChI=1S/C18H20N3.ClH/c1-15-7-3-5-9-17(15)11-20-13-19-21(14-20)12-18-10-6-4-8-16(18)2;/h3-10,13-14H,11-12H2,1-2H3;1H/q+1;/p-1. The van der Waals surface area contributed by atoms with Crippen LogP contribution in [0.3, 0.4) is 0 Å². The Morgan fingerprint density at radius 1 is 0.909 bits per heavy atom. The van der Waals surface area contributed by atoms with E-state index in [0.717, 1.165) is 13.1 Å². The summed E-state index contributed by atoms with van der Waals surface area (Å²) in [4.78, 5) is 0. The van der Waals surface area contributed by atoms with Crippen molar-refractivity contribution in [3.05, 3.63) is 83.4 Å². The monoisotopic (exact) mass is 313 g/mol. The zero-order valence-corrected chi connectivity index (χ0v) is 13.7. The summed E-state index contributed by atoms with van der Waals surface area (Å²) in [5.41, 5.74) is 5.26. The van der Waals surface area contributed by atoms with Crippen LogP contribution in [0.4, 0.5) is 0 Å². The lowest BCUT2D eigenvalue weighted by molar-refractivity contribution is -0.689. The number of benzene rings is 2. The Kier molecular flexibility index (Phi) is 5.34. The van der Waals surface area contributed by atoms with E-state index >= 15 is 0 Å². The molecule has 22 heavy (non-hydrogen) atoms. The molecule has 0 bridgehead atoms. The number of rotatable bonds is 4. The van der Waals surface area contributed by atoms with E-state index in [9.17, 15) is 0 Å². The van der Waals surface area contributed by atoms with Gasteiger partial charge in [-0.15, -0.1) is 4.68 Å². The summed E-state index contributed by atoms with van der Waals surface area (Å²) < 4.78 is 4.11. The molecule has 0 amide bonds. The summed E-state index contributed by atoms with van der Waals surface area (Å²) in [6, 6.07) is 16.9. The molecule has 0 atom stereocenters. The van der Waals surface area contributed by atoms with Gasteiger partial charge in [-0.3, -0.25) is 0 Å². The lowest BCUT2D eigenvalue weighted by atomic mass is 10.1. The fraction of sp³-hybridized carbons (Fsp3) is 0.222. The maximum atomic E-state index is 4.46. The van der Waals surface area contributed by atoms with Crippen molar-refractivity contribution in [2.75, 3.05) is 0 Å². The van der Waals surface area contributed by atoms with E-state index in [1.165, 1.54) is 22.3 Å². The Bertz CT molecular complexity index is 687. The molecule has 0 saturated carbocycles. The van der Waals surface area contributed by atoms with Gasteiger partial charge in [0.1, 0.15) is 6.54 Å². The number of nitrogens with zero attached hydrogens (tertiary/aromatic N) is 3. The first kappa shape index (κ1) is 16.2. The highest BCUT2D eigenvalue weighted by atomic mass is 35.5. The first-order chi connectivity index (χ1) is 10.2. The van der Waals surface area contributed by atoms with Crippen LogP contribution in [0, 0.1) is 13.8 Å². The minimum absolute atomic E-state index is 0. The van der Waals surface area contributed by atoms with Crippen LogP contribution in [0.2, 0.25) is 0 Å². The Labute approximate surface area is 137 Å². The van der Waals surface area contributed by atoms with Gasteiger partial charge in [-0.2, -0.15) is 0 Å². The van der Waals surface area contributed by atoms with Crippen molar-refractivity contribution in [2.24, 2.45) is 0 Å². The fourth-order valence-electron chi connectivity index (χ4n) is 2.47. The molecule has 3 nitrogen and oxygen atoms in total. The average molecular weight is 314 g/mol. The molecule has 2 aromatic carbocycles. The van der Waals surface area contributed by atoms with Crippen molar-refractivity contribution >= 4 is 0 Å². The summed E-state index contributed by atoms with van der Waals surface area (Å²) in [6.07, 6.45) is 3.96. The molecule has 0 aliphatic carbocycles. The van der Waals surface area contributed by atoms with Crippen LogP contribution in [-0.2, 0) is 13.1 Å². The van der Waals surface area contributed by atoms with E-state index < -0.39 is 0 Å². The Morgan fingerprint density at radius 3 is 2.14 bits per heavy atom. The third-order valence-electron chi connectivity index (χ3n) is 3.84. The van der Waals surface area contributed by atoms with Crippen LogP contribution in [0.25, 0.3) is 0 Å². The van der Waals surface area contributed by atoms with Crippen molar-refractivity contribution in [2.45, 2.75) is 26.9 Å². The van der Waals surface area contributed by atoms with Crippen molar-refractivity contribution in [3.63, 3.8) is 0 Å². The van der Waals surface area contributed by atoms with Gasteiger partial charge < -0.3 is 12.4 Å². The second-order valence-corrected chi connectivity index (χ2v) is 5.47. The summed E-state index contributed by atoms with van der Waals surface area (Å²) in [7, 11) is 0. The molecule has 0 aliphatic heterocycles. The lowest BCUT2D eigenvalue weighted by Gasteiger charge is -2.02. The van der Waals surface area contributed by atoms with E-state index in [0.29, 0.717) is 0 Å². The largest absolute Gasteiger partial charge is 1.00 e. The SMILES string of the molecule is Cc1ccccc1Cn1c[n+](Cc2ccccc2C)cn1.[Cl-]. The molecule has 0 fully saturated rings. The Hall–Kier alpha value is -2.13. The summed E-state index contributed by atoms with van der Waals surface area (Å²) in [6.45, 7) is 5.96. The van der Waals surface area contributed by atoms with Crippen molar-refractivity contribution < 1.29 is 17.0 Å². The van der Waals surface area contributed by atoms with Gasteiger partial charge in [0.15, 0.2) is 0 Å². The molecule has 3 rings (SSSR count). The maximum Gasteiger partial charge on any atom is 0.265 e. The molecule has 0 radical (unpaired) electrons. The highest BCUT2D eigenvalue weighted by Crippen LogP contribution is 2.08. The molecule has 0 N–H and O–H groups in total. The van der Waals surface area contributed by atoms with E-state index in [2.05, 4.69) is 78.4 Å². The molecule has 0 spiro atoms. The first-order valence-electron chi connectivity index (χ1n) is 7.23. The van der Waals surface area contributed by atoms with Crippen LogP contribution >= 0.6 is 0 Å². The highest BCUT2D eigenvalue weighted by molar-refractivity contribution is 5.25. The van der Waals surface area contributed by atoms with Crippen LogP contribution in [0.5, 0.6) is 0 Å². The van der Waals surface area contributed by atoms with Gasteiger partial charge in [0, 0.05) is 5.10 Å². The van der Waals surface area contributed by atoms with Gasteiger partial charge in [-0.05, 0) is 36.1 Å². The first-order valence-corrected chi connectivity index (χ1v) is 7.23. The Balaban J connectivity index is 0.00000176. The van der Waals surface area contributed by atoms with E-state index in [1.807, 2.05) is 11.0 Å². The molecular formula is C18H20ClN3. The molecular weight excluding hydrogens is 294 g/mol. The van der Waals surface area contributed by atoms with Gasteiger partial charge >= 0.3 is 0 Å². The van der Waals surface area contributed by atoms with E-state index in [-0.39, 0.29) is 12.4 Å². The molecule has 0 saturated heterocycles. The lowest BCUT2D eigenvalue weighted by Crippen LogP contribution is -3.00. The molecule has 0 aliphatic rings. The molecule has 4 heteroatoms. The second-order valence-electron chi connectivity index (χ2n) is 5.47. The number of hydrogen-bond acceptors (Lipinski definition) is 1. The number of halogens is 1. The fourth-order valence-corrected chi connectivity index (χ4v) is 2.47. The molecule has 1 aromatic heterocycles. The minimum atomic E-state index is 0. The number of aromatic nitrogens is 3. The molecule has 0 unspecified atom stereocenters. The second kappa shape index (κ2) is 7.23. The van der Waals surface area contributed by atoms with Gasteiger partial charge in [-0.1, -0.05) is 48.5 Å². The molecule has 3 aromatic rings. The molecule has 1 heterocycles. The van der Waals surface area contributed by atoms with Gasteiger partial charge in [0.05, 0.1) is 6.54 Å². The van der Waals surface area contributed by atoms with Gasteiger partial charge in [0.25, 0.3) is 6.33 Å². The average Bonchev–Trinajstić information content (AvgIpc) is 2.91.